The number of hydrogen-bond donors (Lipinski definition) is 0. The molecule has 0 bridgehead atoms. The van der Waals surface area contributed by atoms with Gasteiger partial charge in [0, 0.05) is 45.3 Å². The number of amides is 1. The van der Waals surface area contributed by atoms with Crippen LogP contribution in [0.5, 0.6) is 11.5 Å². The Hall–Kier alpha value is -1.88. The Morgan fingerprint density at radius 1 is 1.04 bits per heavy atom. The van der Waals surface area contributed by atoms with Gasteiger partial charge in [0.1, 0.15) is 16.4 Å². The quantitative estimate of drug-likeness (QED) is 0.642. The van der Waals surface area contributed by atoms with E-state index in [0.29, 0.717) is 64.8 Å². The number of rotatable bonds is 6. The molecule has 10 heteroatoms. The number of methoxy groups -OCH3 is 2. The lowest BCUT2D eigenvalue weighted by atomic mass is 10.3. The van der Waals surface area contributed by atoms with Gasteiger partial charge >= 0.3 is 0 Å². The predicted molar refractivity (Wildman–Crippen MR) is 102 cm³/mol. The van der Waals surface area contributed by atoms with Gasteiger partial charge in [-0.3, -0.25) is 9.69 Å². The average molecular weight is 413 g/mol. The summed E-state index contributed by atoms with van der Waals surface area (Å²) in [6.45, 7) is 4.31. The largest absolute Gasteiger partial charge is 0.497 e. The highest BCUT2D eigenvalue weighted by Crippen LogP contribution is 2.31. The van der Waals surface area contributed by atoms with Crippen LogP contribution < -0.4 is 9.47 Å². The molecule has 2 heterocycles. The van der Waals surface area contributed by atoms with Crippen LogP contribution in [-0.4, -0.2) is 102 Å². The number of morpholine rings is 1. The van der Waals surface area contributed by atoms with Crippen molar-refractivity contribution in [3.8, 4) is 11.5 Å². The van der Waals surface area contributed by atoms with Crippen LogP contribution in [0.4, 0.5) is 0 Å². The third-order valence-corrected chi connectivity index (χ3v) is 6.96. The minimum atomic E-state index is -3.72. The molecule has 1 aromatic carbocycles. The summed E-state index contributed by atoms with van der Waals surface area (Å²) in [5.41, 5.74) is 0. The maximum absolute atomic E-state index is 13.1. The van der Waals surface area contributed by atoms with Crippen molar-refractivity contribution in [3.05, 3.63) is 18.2 Å². The Balaban J connectivity index is 1.63. The molecule has 0 spiro atoms. The summed E-state index contributed by atoms with van der Waals surface area (Å²) in [5, 5.41) is 0. The van der Waals surface area contributed by atoms with Crippen molar-refractivity contribution >= 4 is 15.9 Å². The lowest BCUT2D eigenvalue weighted by molar-refractivity contribution is -0.136. The topological polar surface area (TPSA) is 88.6 Å². The first-order valence-electron chi connectivity index (χ1n) is 9.26. The van der Waals surface area contributed by atoms with Gasteiger partial charge in [-0.2, -0.15) is 4.31 Å². The molecule has 0 saturated carbocycles. The summed E-state index contributed by atoms with van der Waals surface area (Å²) >= 11 is 0. The van der Waals surface area contributed by atoms with E-state index >= 15 is 0 Å². The van der Waals surface area contributed by atoms with Crippen molar-refractivity contribution in [2.45, 2.75) is 4.90 Å². The zero-order valence-electron chi connectivity index (χ0n) is 16.3. The molecule has 156 valence electrons. The first-order valence-corrected chi connectivity index (χ1v) is 10.7. The van der Waals surface area contributed by atoms with Gasteiger partial charge in [-0.1, -0.05) is 0 Å². The monoisotopic (exact) mass is 413 g/mol. The zero-order valence-corrected chi connectivity index (χ0v) is 17.1. The molecule has 2 saturated heterocycles. The van der Waals surface area contributed by atoms with Crippen LogP contribution in [0.2, 0.25) is 0 Å². The lowest BCUT2D eigenvalue weighted by Gasteiger charge is -2.35. The molecule has 0 radical (unpaired) electrons. The van der Waals surface area contributed by atoms with E-state index in [-0.39, 0.29) is 16.6 Å². The van der Waals surface area contributed by atoms with Crippen LogP contribution in [0.15, 0.2) is 23.1 Å². The molecular weight excluding hydrogens is 386 g/mol. The standard InChI is InChI=1S/C18H27N3O6S/c1-25-15-3-4-16(26-2)17(13-15)28(23,24)21-7-5-19(6-8-21)14-18(22)20-9-11-27-12-10-20/h3-4,13H,5-12,14H2,1-2H3. The lowest BCUT2D eigenvalue weighted by Crippen LogP contribution is -2.52. The van der Waals surface area contributed by atoms with Crippen molar-refractivity contribution < 1.29 is 27.4 Å². The van der Waals surface area contributed by atoms with Crippen molar-refractivity contribution in [2.75, 3.05) is 73.2 Å². The van der Waals surface area contributed by atoms with E-state index < -0.39 is 10.0 Å². The van der Waals surface area contributed by atoms with E-state index in [2.05, 4.69) is 0 Å². The van der Waals surface area contributed by atoms with E-state index in [4.69, 9.17) is 14.2 Å². The predicted octanol–water partition coefficient (Wildman–Crippen LogP) is -0.131. The third-order valence-electron chi connectivity index (χ3n) is 5.04. The second kappa shape index (κ2) is 9.08. The minimum Gasteiger partial charge on any atom is -0.497 e. The highest BCUT2D eigenvalue weighted by Gasteiger charge is 2.32. The number of hydrogen-bond acceptors (Lipinski definition) is 7. The van der Waals surface area contributed by atoms with Gasteiger partial charge in [-0.05, 0) is 12.1 Å². The van der Waals surface area contributed by atoms with E-state index in [0.717, 1.165) is 0 Å². The molecule has 28 heavy (non-hydrogen) atoms. The molecule has 0 aliphatic carbocycles. The Labute approximate surface area is 165 Å². The molecular formula is C18H27N3O6S. The maximum atomic E-state index is 13.1. The smallest absolute Gasteiger partial charge is 0.246 e. The molecule has 9 nitrogen and oxygen atoms in total. The molecule has 0 unspecified atom stereocenters. The number of benzene rings is 1. The second-order valence-corrected chi connectivity index (χ2v) is 8.60. The Bertz CT molecular complexity index is 787. The summed E-state index contributed by atoms with van der Waals surface area (Å²) in [6, 6.07) is 4.72. The van der Waals surface area contributed by atoms with Crippen LogP contribution in [-0.2, 0) is 19.6 Å². The van der Waals surface area contributed by atoms with Gasteiger partial charge in [0.25, 0.3) is 0 Å². The number of ether oxygens (including phenoxy) is 3. The highest BCUT2D eigenvalue weighted by atomic mass is 32.2. The zero-order chi connectivity index (χ0) is 20.1. The van der Waals surface area contributed by atoms with Crippen LogP contribution in [0, 0.1) is 0 Å². The molecule has 0 N–H and O–H groups in total. The molecule has 2 aliphatic heterocycles. The van der Waals surface area contributed by atoms with Gasteiger partial charge in [0.15, 0.2) is 0 Å². The van der Waals surface area contributed by atoms with Crippen molar-refractivity contribution in [1.82, 2.24) is 14.1 Å². The van der Waals surface area contributed by atoms with Crippen LogP contribution in [0.3, 0.4) is 0 Å². The van der Waals surface area contributed by atoms with Crippen LogP contribution in [0.1, 0.15) is 0 Å². The molecule has 1 amide bonds. The number of carbonyl (C=O) groups excluding carboxylic acids is 1. The van der Waals surface area contributed by atoms with Crippen LogP contribution in [0.25, 0.3) is 0 Å². The Morgan fingerprint density at radius 2 is 1.71 bits per heavy atom. The normalized spacial score (nSPS) is 19.4. The van der Waals surface area contributed by atoms with Gasteiger partial charge in [-0.15, -0.1) is 0 Å². The maximum Gasteiger partial charge on any atom is 0.246 e. The molecule has 2 fully saturated rings. The fourth-order valence-corrected chi connectivity index (χ4v) is 4.95. The number of piperazine rings is 1. The van der Waals surface area contributed by atoms with E-state index in [1.807, 2.05) is 4.90 Å². The molecule has 3 rings (SSSR count). The van der Waals surface area contributed by atoms with Crippen molar-refractivity contribution in [1.29, 1.82) is 0 Å². The van der Waals surface area contributed by atoms with Gasteiger partial charge < -0.3 is 19.1 Å². The average Bonchev–Trinajstić information content (AvgIpc) is 2.74. The first-order chi connectivity index (χ1) is 13.5. The second-order valence-electron chi connectivity index (χ2n) is 6.69. The van der Waals surface area contributed by atoms with Gasteiger partial charge in [-0.25, -0.2) is 8.42 Å². The molecule has 1 aromatic rings. The van der Waals surface area contributed by atoms with Gasteiger partial charge in [0.05, 0.1) is 34.0 Å². The summed E-state index contributed by atoms with van der Waals surface area (Å²) in [7, 11) is -0.791. The first kappa shape index (κ1) is 20.8. The number of sulfonamides is 1. The van der Waals surface area contributed by atoms with E-state index in [9.17, 15) is 13.2 Å². The highest BCUT2D eigenvalue weighted by molar-refractivity contribution is 7.89. The fourth-order valence-electron chi connectivity index (χ4n) is 3.36. The van der Waals surface area contributed by atoms with E-state index in [1.54, 1.807) is 17.0 Å². The number of carbonyl (C=O) groups is 1. The fraction of sp³-hybridized carbons (Fsp3) is 0.611. The Morgan fingerprint density at radius 3 is 2.32 bits per heavy atom. The minimum absolute atomic E-state index is 0.0640. The van der Waals surface area contributed by atoms with Crippen LogP contribution >= 0.6 is 0 Å². The summed E-state index contributed by atoms with van der Waals surface area (Å²) in [4.78, 5) is 16.3. The van der Waals surface area contributed by atoms with Crippen molar-refractivity contribution in [2.24, 2.45) is 0 Å². The van der Waals surface area contributed by atoms with Crippen molar-refractivity contribution in [3.63, 3.8) is 0 Å². The summed E-state index contributed by atoms with van der Waals surface area (Å²) in [6.07, 6.45) is 0. The summed E-state index contributed by atoms with van der Waals surface area (Å²) < 4.78 is 43.3. The molecule has 0 aromatic heterocycles. The van der Waals surface area contributed by atoms with Gasteiger partial charge in [0.2, 0.25) is 15.9 Å². The third kappa shape index (κ3) is 4.57. The summed E-state index contributed by atoms with van der Waals surface area (Å²) in [5.74, 6) is 0.800. The Kier molecular flexibility index (Phi) is 6.76. The molecule has 0 atom stereocenters. The molecule has 2 aliphatic rings. The number of nitrogens with zero attached hydrogens (tertiary/aromatic N) is 3. The van der Waals surface area contributed by atoms with E-state index in [1.165, 1.54) is 24.6 Å². The SMILES string of the molecule is COc1ccc(OC)c(S(=O)(=O)N2CCN(CC(=O)N3CCOCC3)CC2)c1.